The molecule has 0 radical (unpaired) electrons. The number of rotatable bonds is 4. The highest BCUT2D eigenvalue weighted by Gasteiger charge is 2.25. The van der Waals surface area contributed by atoms with Crippen LogP contribution in [0.15, 0.2) is 164 Å². The van der Waals surface area contributed by atoms with Gasteiger partial charge in [0.25, 0.3) is 0 Å². The number of hydrogen-bond donors (Lipinski definition) is 0. The molecule has 238 valence electrons. The summed E-state index contributed by atoms with van der Waals surface area (Å²) in [5.41, 5.74) is 14.9. The second-order valence-electron chi connectivity index (χ2n) is 13.3. The molecule has 0 N–H and O–H groups in total. The minimum Gasteiger partial charge on any atom is -0.309 e. The Kier molecular flexibility index (Phi) is 5.95. The van der Waals surface area contributed by atoms with Gasteiger partial charge in [-0.05, 0) is 72.3 Å². The zero-order valence-electron chi connectivity index (χ0n) is 27.5. The molecule has 51 heavy (non-hydrogen) atoms. The van der Waals surface area contributed by atoms with Gasteiger partial charge in [0.1, 0.15) is 5.69 Å². The van der Waals surface area contributed by atoms with Gasteiger partial charge >= 0.3 is 0 Å². The van der Waals surface area contributed by atoms with Crippen LogP contribution >= 0.6 is 0 Å². The topological polar surface area (TPSA) is 48.5 Å². The maximum atomic E-state index is 5.27. The summed E-state index contributed by atoms with van der Waals surface area (Å²) in [5, 5.41) is 4.84. The van der Waals surface area contributed by atoms with Crippen molar-refractivity contribution in [3.63, 3.8) is 0 Å². The molecule has 0 atom stereocenters. The van der Waals surface area contributed by atoms with Gasteiger partial charge in [-0.25, -0.2) is 9.97 Å². The van der Waals surface area contributed by atoms with E-state index >= 15 is 0 Å². The van der Waals surface area contributed by atoms with E-state index in [0.29, 0.717) is 0 Å². The minimum absolute atomic E-state index is 0.735. The van der Waals surface area contributed by atoms with Crippen LogP contribution < -0.4 is 0 Å². The fourth-order valence-corrected chi connectivity index (χ4v) is 8.02. The molecule has 0 bridgehead atoms. The third-order valence-corrected chi connectivity index (χ3v) is 10.4. The summed E-state index contributed by atoms with van der Waals surface area (Å²) >= 11 is 0. The van der Waals surface area contributed by atoms with Gasteiger partial charge in [0.2, 0.25) is 0 Å². The summed E-state index contributed by atoms with van der Waals surface area (Å²) in [6.45, 7) is 0. The molecular weight excluding hydrogens is 623 g/mol. The number of hydrogen-bond acceptors (Lipinski definition) is 3. The Morgan fingerprint density at radius 2 is 0.922 bits per heavy atom. The molecule has 1 aliphatic rings. The molecule has 0 saturated heterocycles. The van der Waals surface area contributed by atoms with Gasteiger partial charge in [0, 0.05) is 50.5 Å². The average molecular weight is 652 g/mol. The van der Waals surface area contributed by atoms with Crippen LogP contribution in [-0.2, 0) is 6.42 Å². The summed E-state index contributed by atoms with van der Waals surface area (Å²) in [6.07, 6.45) is 2.65. The summed E-state index contributed by atoms with van der Waals surface area (Å²) in [7, 11) is 0. The molecule has 6 aromatic carbocycles. The van der Waals surface area contributed by atoms with Crippen molar-refractivity contribution in [1.82, 2.24) is 24.1 Å². The first kappa shape index (κ1) is 28.0. The van der Waals surface area contributed by atoms with Crippen LogP contribution in [0.4, 0.5) is 0 Å². The lowest BCUT2D eigenvalue weighted by Gasteiger charge is -2.09. The van der Waals surface area contributed by atoms with Gasteiger partial charge in [0.15, 0.2) is 0 Å². The molecule has 5 heteroatoms. The Bertz CT molecular complexity index is 2790. The zero-order valence-corrected chi connectivity index (χ0v) is 27.5. The molecule has 0 unspecified atom stereocenters. The predicted octanol–water partition coefficient (Wildman–Crippen LogP) is 11.0. The van der Waals surface area contributed by atoms with Crippen molar-refractivity contribution in [3.05, 3.63) is 175 Å². The number of aromatic nitrogens is 5. The lowest BCUT2D eigenvalue weighted by molar-refractivity contribution is 1.09. The maximum Gasteiger partial charge on any atom is 0.112 e. The van der Waals surface area contributed by atoms with Crippen molar-refractivity contribution in [2.75, 3.05) is 0 Å². The van der Waals surface area contributed by atoms with E-state index in [4.69, 9.17) is 15.0 Å². The number of pyridine rings is 1. The third-order valence-electron chi connectivity index (χ3n) is 10.4. The Morgan fingerprint density at radius 3 is 1.53 bits per heavy atom. The summed E-state index contributed by atoms with van der Waals surface area (Å²) < 4.78 is 4.68. The first-order chi connectivity index (χ1) is 25.3. The van der Waals surface area contributed by atoms with Crippen molar-refractivity contribution in [2.24, 2.45) is 0 Å². The zero-order chi connectivity index (χ0) is 33.5. The van der Waals surface area contributed by atoms with Crippen molar-refractivity contribution < 1.29 is 0 Å². The van der Waals surface area contributed by atoms with E-state index in [0.717, 1.165) is 63.0 Å². The fraction of sp³-hybridized carbons (Fsp3) is 0.0217. The van der Waals surface area contributed by atoms with E-state index in [1.54, 1.807) is 0 Å². The Morgan fingerprint density at radius 1 is 0.412 bits per heavy atom. The highest BCUT2D eigenvalue weighted by Crippen LogP contribution is 2.39. The minimum atomic E-state index is 0.735. The van der Waals surface area contributed by atoms with E-state index in [1.807, 2.05) is 6.20 Å². The maximum absolute atomic E-state index is 5.27. The molecule has 0 spiro atoms. The van der Waals surface area contributed by atoms with Crippen LogP contribution in [0.2, 0.25) is 0 Å². The Labute approximate surface area is 293 Å². The third kappa shape index (κ3) is 4.25. The molecule has 1 aliphatic carbocycles. The van der Waals surface area contributed by atoms with Crippen LogP contribution in [0, 0.1) is 0 Å². The standard InChI is InChI=1S/C46H29N5/c1-3-11-32(12-4-1)50-41-17-9-7-15-34(41)36-25-29(20-23-43(36)50)38-22-19-31-27-39-46(45(31)48-38)49-40(28-47-39)30-21-24-44-37(26-30)35-16-8-10-18-42(35)51(44)33-13-5-2-6-14-33/h1-26,28H,27H2. The number of nitrogens with zero attached hydrogens (tertiary/aromatic N) is 5. The molecule has 10 aromatic rings. The SMILES string of the molecule is c1ccc(-n2c3ccccc3c3cc(-c4ccc5c(n4)-c4nc(-c6ccc7c(c6)c6ccccc6n7-c6ccccc6)cnc4C5)ccc32)cc1. The van der Waals surface area contributed by atoms with Gasteiger partial charge in [-0.15, -0.1) is 0 Å². The molecule has 0 fully saturated rings. The lowest BCUT2D eigenvalue weighted by atomic mass is 10.1. The van der Waals surface area contributed by atoms with Gasteiger partial charge in [-0.3, -0.25) is 4.98 Å². The molecule has 4 heterocycles. The summed E-state index contributed by atoms with van der Waals surface area (Å²) in [5.74, 6) is 0. The van der Waals surface area contributed by atoms with Crippen molar-refractivity contribution in [3.8, 4) is 45.3 Å². The van der Waals surface area contributed by atoms with E-state index in [1.165, 1.54) is 43.6 Å². The van der Waals surface area contributed by atoms with Crippen LogP contribution in [0.25, 0.3) is 88.9 Å². The van der Waals surface area contributed by atoms with Gasteiger partial charge < -0.3 is 9.13 Å². The lowest BCUT2D eigenvalue weighted by Crippen LogP contribution is -1.95. The Hall–Kier alpha value is -6.85. The van der Waals surface area contributed by atoms with Gasteiger partial charge in [-0.2, -0.15) is 0 Å². The summed E-state index contributed by atoms with van der Waals surface area (Å²) in [4.78, 5) is 15.5. The normalized spacial score (nSPS) is 12.2. The second kappa shape index (κ2) is 10.8. The van der Waals surface area contributed by atoms with E-state index < -0.39 is 0 Å². The van der Waals surface area contributed by atoms with Crippen LogP contribution in [0.3, 0.4) is 0 Å². The molecule has 5 nitrogen and oxygen atoms in total. The molecule has 0 amide bonds. The average Bonchev–Trinajstić information content (AvgIpc) is 3.85. The van der Waals surface area contributed by atoms with Crippen LogP contribution in [-0.4, -0.2) is 24.1 Å². The quantitative estimate of drug-likeness (QED) is 0.190. The summed E-state index contributed by atoms with van der Waals surface area (Å²) in [6, 6.07) is 56.0. The molecule has 11 rings (SSSR count). The molecular formula is C46H29N5. The van der Waals surface area contributed by atoms with E-state index in [9.17, 15) is 0 Å². The first-order valence-electron chi connectivity index (χ1n) is 17.3. The van der Waals surface area contributed by atoms with Crippen molar-refractivity contribution in [2.45, 2.75) is 6.42 Å². The smallest absolute Gasteiger partial charge is 0.112 e. The molecule has 0 aliphatic heterocycles. The monoisotopic (exact) mass is 651 g/mol. The largest absolute Gasteiger partial charge is 0.309 e. The van der Waals surface area contributed by atoms with E-state index in [2.05, 4.69) is 167 Å². The predicted molar refractivity (Wildman–Crippen MR) is 208 cm³/mol. The number of fused-ring (bicyclic) bond motifs is 9. The second-order valence-corrected chi connectivity index (χ2v) is 13.3. The Balaban J connectivity index is 1.01. The van der Waals surface area contributed by atoms with Gasteiger partial charge in [-0.1, -0.05) is 91.0 Å². The molecule has 4 aromatic heterocycles. The van der Waals surface area contributed by atoms with Crippen molar-refractivity contribution >= 4 is 43.6 Å². The highest BCUT2D eigenvalue weighted by molar-refractivity contribution is 6.11. The van der Waals surface area contributed by atoms with Crippen LogP contribution in [0.1, 0.15) is 11.3 Å². The first-order valence-corrected chi connectivity index (χ1v) is 17.3. The van der Waals surface area contributed by atoms with Crippen molar-refractivity contribution in [1.29, 1.82) is 0 Å². The molecule has 0 saturated carbocycles. The fourth-order valence-electron chi connectivity index (χ4n) is 8.02. The highest BCUT2D eigenvalue weighted by atomic mass is 15.0. The number of benzene rings is 6. The van der Waals surface area contributed by atoms with Crippen LogP contribution in [0.5, 0.6) is 0 Å². The van der Waals surface area contributed by atoms with E-state index in [-0.39, 0.29) is 0 Å². The van der Waals surface area contributed by atoms with Gasteiger partial charge in [0.05, 0.1) is 51.0 Å². The number of para-hydroxylation sites is 4.